The number of aryl methyl sites for hydroxylation is 3. The van der Waals surface area contributed by atoms with Gasteiger partial charge >= 0.3 is 5.97 Å². The summed E-state index contributed by atoms with van der Waals surface area (Å²) in [6.07, 6.45) is 0. The Morgan fingerprint density at radius 3 is 1.55 bits per heavy atom. The summed E-state index contributed by atoms with van der Waals surface area (Å²) in [7, 11) is 1.64. The van der Waals surface area contributed by atoms with E-state index in [2.05, 4.69) is 81.4 Å². The van der Waals surface area contributed by atoms with Crippen LogP contribution in [0.2, 0.25) is 0 Å². The first-order valence-corrected chi connectivity index (χ1v) is 22.4. The summed E-state index contributed by atoms with van der Waals surface area (Å²) < 4.78 is 95.4. The van der Waals surface area contributed by atoms with Gasteiger partial charge in [0.1, 0.15) is 17.9 Å². The molecule has 0 aromatic heterocycles. The Hall–Kier alpha value is -5.19. The van der Waals surface area contributed by atoms with Crippen LogP contribution in [0.3, 0.4) is 0 Å². The molecule has 0 radical (unpaired) electrons. The molecule has 362 valence electrons. The molecule has 14 heteroatoms. The summed E-state index contributed by atoms with van der Waals surface area (Å²) in [4.78, 5) is 13.7. The third-order valence-corrected chi connectivity index (χ3v) is 11.4. The topological polar surface area (TPSA) is 111 Å². The van der Waals surface area contributed by atoms with E-state index in [9.17, 15) is 22.4 Å². The van der Waals surface area contributed by atoms with Crippen LogP contribution < -0.4 is 4.74 Å². The maximum absolute atomic E-state index is 13.7. The number of fused-ring (bicyclic) bond motifs is 3. The fourth-order valence-electron chi connectivity index (χ4n) is 7.90. The van der Waals surface area contributed by atoms with E-state index in [0.717, 1.165) is 69.5 Å². The van der Waals surface area contributed by atoms with E-state index in [4.69, 9.17) is 43.0 Å². The van der Waals surface area contributed by atoms with Gasteiger partial charge in [-0.2, -0.15) is 0 Å². The SMILES string of the molecule is CCOC(=O)c1cc(C2(c3ccc(COCCOCCOCCO)c(C)c3)c3cc(C)ccc3-c3ccc(C)cc32)ccc1OCCOCCOCCOC.Cc1c(F)c(F)c(C)c(F)c1F. The van der Waals surface area contributed by atoms with Crippen LogP contribution in [0.4, 0.5) is 17.6 Å². The number of carbonyl (C=O) groups is 1. The van der Waals surface area contributed by atoms with Crippen LogP contribution in [0.15, 0.2) is 72.8 Å². The zero-order valence-corrected chi connectivity index (χ0v) is 39.5. The summed E-state index contributed by atoms with van der Waals surface area (Å²) in [5.41, 5.74) is 9.48. The molecule has 0 aliphatic heterocycles. The molecule has 0 atom stereocenters. The number of aliphatic hydroxyl groups excluding tert-OH is 1. The highest BCUT2D eigenvalue weighted by Gasteiger charge is 2.47. The van der Waals surface area contributed by atoms with Gasteiger partial charge in [0.25, 0.3) is 0 Å². The minimum Gasteiger partial charge on any atom is -0.490 e. The Labute approximate surface area is 391 Å². The molecule has 0 unspecified atom stereocenters. The van der Waals surface area contributed by atoms with Gasteiger partial charge in [-0.15, -0.1) is 0 Å². The number of hydrogen-bond acceptors (Lipinski definition) is 10. The fraction of sp³-hybridized carbons (Fsp3) is 0.415. The van der Waals surface area contributed by atoms with Gasteiger partial charge in [-0.25, -0.2) is 22.4 Å². The molecule has 0 saturated heterocycles. The van der Waals surface area contributed by atoms with Crippen LogP contribution in [-0.4, -0.2) is 104 Å². The first kappa shape index (κ1) is 52.8. The molecule has 0 spiro atoms. The van der Waals surface area contributed by atoms with Crippen molar-refractivity contribution in [3.05, 3.63) is 157 Å². The van der Waals surface area contributed by atoms with Crippen molar-refractivity contribution in [2.24, 2.45) is 0 Å². The molecule has 67 heavy (non-hydrogen) atoms. The molecule has 0 fully saturated rings. The van der Waals surface area contributed by atoms with Crippen molar-refractivity contribution in [1.82, 2.24) is 0 Å². The third-order valence-electron chi connectivity index (χ3n) is 11.4. The second-order valence-electron chi connectivity index (χ2n) is 16.0. The standard InChI is InChI=1S/C45H56O10.C8H6F4/c1-6-54-44(47)40-30-37(11-14-43(40)55-26-25-52-22-21-50-18-17-48-5)45(41-27-32(2)7-12-38(41)39-13-8-33(3)28-42(39)45)36-10-9-35(34(4)29-36)31-53-24-23-51-20-19-49-16-15-46;1-3-5(9)7(11)4(2)8(12)6(3)10/h7-14,27-30,46H,6,15-26,31H2,1-5H3;1-2H3. The number of benzene rings is 5. The van der Waals surface area contributed by atoms with E-state index in [1.807, 2.05) is 12.1 Å². The zero-order chi connectivity index (χ0) is 48.5. The van der Waals surface area contributed by atoms with Gasteiger partial charge in [0.15, 0.2) is 23.3 Å². The van der Waals surface area contributed by atoms with Crippen molar-refractivity contribution in [1.29, 1.82) is 0 Å². The summed E-state index contributed by atoms with van der Waals surface area (Å²) >= 11 is 0. The summed E-state index contributed by atoms with van der Waals surface area (Å²) in [5, 5.41) is 8.84. The van der Waals surface area contributed by atoms with Crippen LogP contribution in [0.25, 0.3) is 11.1 Å². The highest BCUT2D eigenvalue weighted by Crippen LogP contribution is 2.57. The first-order chi connectivity index (χ1) is 32.3. The predicted molar refractivity (Wildman–Crippen MR) is 247 cm³/mol. The number of carbonyl (C=O) groups excluding carboxylic acids is 1. The normalized spacial score (nSPS) is 12.4. The Morgan fingerprint density at radius 1 is 0.567 bits per heavy atom. The lowest BCUT2D eigenvalue weighted by atomic mass is 9.66. The van der Waals surface area contributed by atoms with E-state index < -0.39 is 45.8 Å². The molecule has 0 saturated carbocycles. The van der Waals surface area contributed by atoms with Gasteiger partial charge < -0.3 is 43.0 Å². The molecular formula is C53H62F4O10. The Morgan fingerprint density at radius 2 is 1.04 bits per heavy atom. The second-order valence-corrected chi connectivity index (χ2v) is 16.0. The maximum Gasteiger partial charge on any atom is 0.341 e. The smallest absolute Gasteiger partial charge is 0.341 e. The predicted octanol–water partition coefficient (Wildman–Crippen LogP) is 9.61. The summed E-state index contributed by atoms with van der Waals surface area (Å²) in [5.74, 6) is -5.32. The van der Waals surface area contributed by atoms with E-state index in [1.165, 1.54) is 0 Å². The van der Waals surface area contributed by atoms with Gasteiger partial charge in [0, 0.05) is 18.2 Å². The molecule has 1 aliphatic carbocycles. The van der Waals surface area contributed by atoms with Crippen molar-refractivity contribution in [2.75, 3.05) is 93.0 Å². The van der Waals surface area contributed by atoms with Crippen molar-refractivity contribution in [2.45, 2.75) is 53.6 Å². The van der Waals surface area contributed by atoms with E-state index in [-0.39, 0.29) is 19.8 Å². The zero-order valence-electron chi connectivity index (χ0n) is 39.5. The summed E-state index contributed by atoms with van der Waals surface area (Å²) in [6, 6.07) is 25.8. The molecule has 6 rings (SSSR count). The molecule has 10 nitrogen and oxygen atoms in total. The molecular weight excluding hydrogens is 873 g/mol. The monoisotopic (exact) mass is 934 g/mol. The number of ether oxygens (including phenoxy) is 8. The van der Waals surface area contributed by atoms with Crippen molar-refractivity contribution in [3.63, 3.8) is 0 Å². The largest absolute Gasteiger partial charge is 0.490 e. The number of esters is 1. The lowest BCUT2D eigenvalue weighted by Gasteiger charge is -2.35. The number of halogens is 4. The highest BCUT2D eigenvalue weighted by molar-refractivity contribution is 5.94. The number of rotatable bonds is 24. The van der Waals surface area contributed by atoms with Crippen LogP contribution in [0.1, 0.15) is 72.9 Å². The van der Waals surface area contributed by atoms with Gasteiger partial charge in [-0.05, 0) is 98.2 Å². The Bertz CT molecular complexity index is 2270. The highest BCUT2D eigenvalue weighted by atomic mass is 19.2. The number of aliphatic hydroxyl groups is 1. The molecule has 0 amide bonds. The Balaban J connectivity index is 0.000000608. The molecule has 5 aromatic carbocycles. The molecule has 0 bridgehead atoms. The van der Waals surface area contributed by atoms with E-state index in [1.54, 1.807) is 14.0 Å². The van der Waals surface area contributed by atoms with Gasteiger partial charge in [-0.1, -0.05) is 71.8 Å². The summed E-state index contributed by atoms with van der Waals surface area (Å²) in [6.45, 7) is 15.4. The quantitative estimate of drug-likeness (QED) is 0.0273. The van der Waals surface area contributed by atoms with Crippen LogP contribution in [0.5, 0.6) is 5.75 Å². The molecule has 0 heterocycles. The molecule has 5 aromatic rings. The second kappa shape index (κ2) is 25.8. The maximum atomic E-state index is 13.7. The first-order valence-electron chi connectivity index (χ1n) is 22.4. The van der Waals surface area contributed by atoms with Gasteiger partial charge in [-0.3, -0.25) is 0 Å². The van der Waals surface area contributed by atoms with Crippen LogP contribution >= 0.6 is 0 Å². The number of methoxy groups -OCH3 is 1. The van der Waals surface area contributed by atoms with Crippen LogP contribution in [-0.2, 0) is 45.2 Å². The van der Waals surface area contributed by atoms with Gasteiger partial charge in [0.05, 0.1) is 91.3 Å². The average molecular weight is 935 g/mol. The van der Waals surface area contributed by atoms with Crippen molar-refractivity contribution >= 4 is 5.97 Å². The van der Waals surface area contributed by atoms with E-state index >= 15 is 0 Å². The molecule has 1 aliphatic rings. The molecule has 1 N–H and O–H groups in total. The third kappa shape index (κ3) is 12.9. The van der Waals surface area contributed by atoms with E-state index in [0.29, 0.717) is 84.0 Å². The average Bonchev–Trinajstić information content (AvgIpc) is 3.60. The Kier molecular flexibility index (Phi) is 20.3. The lowest BCUT2D eigenvalue weighted by molar-refractivity contribution is 0.00444. The van der Waals surface area contributed by atoms with Crippen molar-refractivity contribution in [3.8, 4) is 16.9 Å². The van der Waals surface area contributed by atoms with Gasteiger partial charge in [0.2, 0.25) is 0 Å². The minimum atomic E-state index is -1.33. The number of hydrogen-bond donors (Lipinski definition) is 1. The minimum absolute atomic E-state index is 0.000790. The fourth-order valence-corrected chi connectivity index (χ4v) is 7.90. The van der Waals surface area contributed by atoms with Crippen molar-refractivity contribution < 1.29 is 65.4 Å². The lowest BCUT2D eigenvalue weighted by Crippen LogP contribution is -2.29. The van der Waals surface area contributed by atoms with Crippen LogP contribution in [0, 0.1) is 57.9 Å².